The van der Waals surface area contributed by atoms with Gasteiger partial charge in [0.15, 0.2) is 5.58 Å². The van der Waals surface area contributed by atoms with Gasteiger partial charge in [-0.1, -0.05) is 6.07 Å². The second-order valence-corrected chi connectivity index (χ2v) is 3.72. The zero-order valence-electron chi connectivity index (χ0n) is 8.85. The normalized spacial score (nSPS) is 10.9. The highest BCUT2D eigenvalue weighted by Crippen LogP contribution is 2.27. The van der Waals surface area contributed by atoms with E-state index in [9.17, 15) is 4.39 Å². The molecule has 3 nitrogen and oxygen atoms in total. The highest BCUT2D eigenvalue weighted by molar-refractivity contribution is 5.87. The van der Waals surface area contributed by atoms with Crippen molar-refractivity contribution in [3.8, 4) is 11.5 Å². The first-order valence-electron chi connectivity index (χ1n) is 5.15. The van der Waals surface area contributed by atoms with Crippen LogP contribution >= 0.6 is 0 Å². The molecule has 17 heavy (non-hydrogen) atoms. The van der Waals surface area contributed by atoms with Crippen molar-refractivity contribution in [3.05, 3.63) is 48.3 Å². The van der Waals surface area contributed by atoms with E-state index in [1.54, 1.807) is 30.3 Å². The van der Waals surface area contributed by atoms with E-state index in [0.29, 0.717) is 22.7 Å². The number of hydrogen-bond donors (Lipinski definition) is 1. The van der Waals surface area contributed by atoms with Crippen LogP contribution in [0, 0.1) is 5.82 Å². The molecular formula is C13H9FN2O. The molecule has 0 spiro atoms. The number of oxazole rings is 1. The third-order valence-electron chi connectivity index (χ3n) is 2.54. The molecule has 0 aliphatic heterocycles. The summed E-state index contributed by atoms with van der Waals surface area (Å²) in [6.07, 6.45) is 0. The van der Waals surface area contributed by atoms with E-state index < -0.39 is 0 Å². The largest absolute Gasteiger partial charge is 0.436 e. The number of hydrogen-bond acceptors (Lipinski definition) is 3. The fourth-order valence-electron chi connectivity index (χ4n) is 1.69. The maximum Gasteiger partial charge on any atom is 0.227 e. The van der Waals surface area contributed by atoms with E-state index in [-0.39, 0.29) is 5.82 Å². The third-order valence-corrected chi connectivity index (χ3v) is 2.54. The van der Waals surface area contributed by atoms with Gasteiger partial charge in [-0.15, -0.1) is 0 Å². The van der Waals surface area contributed by atoms with Gasteiger partial charge >= 0.3 is 0 Å². The Kier molecular flexibility index (Phi) is 2.08. The van der Waals surface area contributed by atoms with Crippen LogP contribution in [0.5, 0.6) is 0 Å². The van der Waals surface area contributed by atoms with Gasteiger partial charge < -0.3 is 10.2 Å². The second-order valence-electron chi connectivity index (χ2n) is 3.72. The highest BCUT2D eigenvalue weighted by Gasteiger charge is 2.09. The van der Waals surface area contributed by atoms with Crippen LogP contribution in [0.3, 0.4) is 0 Å². The van der Waals surface area contributed by atoms with E-state index >= 15 is 0 Å². The summed E-state index contributed by atoms with van der Waals surface area (Å²) in [7, 11) is 0. The Morgan fingerprint density at radius 2 is 1.82 bits per heavy atom. The Bertz CT molecular complexity index is 673. The maximum atomic E-state index is 12.8. The lowest BCUT2D eigenvalue weighted by atomic mass is 10.2. The Morgan fingerprint density at radius 3 is 2.53 bits per heavy atom. The van der Waals surface area contributed by atoms with Crippen LogP contribution in [0.25, 0.3) is 22.6 Å². The zero-order valence-corrected chi connectivity index (χ0v) is 8.85. The van der Waals surface area contributed by atoms with Crippen molar-refractivity contribution in [2.75, 3.05) is 5.73 Å². The van der Waals surface area contributed by atoms with Gasteiger partial charge in [-0.2, -0.15) is 0 Å². The summed E-state index contributed by atoms with van der Waals surface area (Å²) in [4.78, 5) is 4.30. The highest BCUT2D eigenvalue weighted by atomic mass is 19.1. The summed E-state index contributed by atoms with van der Waals surface area (Å²) >= 11 is 0. The maximum absolute atomic E-state index is 12.8. The number of para-hydroxylation sites is 1. The number of aromatic nitrogens is 1. The number of rotatable bonds is 1. The summed E-state index contributed by atoms with van der Waals surface area (Å²) < 4.78 is 18.4. The van der Waals surface area contributed by atoms with Gasteiger partial charge in [0, 0.05) is 5.56 Å². The van der Waals surface area contributed by atoms with Crippen LogP contribution in [0.2, 0.25) is 0 Å². The van der Waals surface area contributed by atoms with Crippen LogP contribution < -0.4 is 5.73 Å². The molecule has 0 saturated carbocycles. The van der Waals surface area contributed by atoms with Crippen molar-refractivity contribution in [1.82, 2.24) is 4.98 Å². The lowest BCUT2D eigenvalue weighted by molar-refractivity contribution is 0.616. The Labute approximate surface area is 96.7 Å². The Balaban J connectivity index is 2.18. The number of benzene rings is 2. The molecule has 3 aromatic rings. The molecule has 84 valence electrons. The van der Waals surface area contributed by atoms with Crippen molar-refractivity contribution in [2.24, 2.45) is 0 Å². The SMILES string of the molecule is Nc1cccc2oc(-c3ccc(F)cc3)nc12. The molecule has 0 amide bonds. The van der Waals surface area contributed by atoms with Crippen molar-refractivity contribution in [2.45, 2.75) is 0 Å². The molecule has 0 unspecified atom stereocenters. The quantitative estimate of drug-likeness (QED) is 0.650. The molecule has 3 rings (SSSR count). The zero-order chi connectivity index (χ0) is 11.8. The average Bonchev–Trinajstić information content (AvgIpc) is 2.75. The number of nitrogens with two attached hydrogens (primary N) is 1. The third kappa shape index (κ3) is 1.63. The molecule has 1 aromatic heterocycles. The number of anilines is 1. The first kappa shape index (κ1) is 9.84. The minimum absolute atomic E-state index is 0.288. The van der Waals surface area contributed by atoms with Crippen LogP contribution in [0.15, 0.2) is 46.9 Å². The first-order valence-corrected chi connectivity index (χ1v) is 5.15. The van der Waals surface area contributed by atoms with Crippen molar-refractivity contribution in [3.63, 3.8) is 0 Å². The smallest absolute Gasteiger partial charge is 0.227 e. The number of nitrogen functional groups attached to an aromatic ring is 1. The predicted molar refractivity (Wildman–Crippen MR) is 63.8 cm³/mol. The minimum atomic E-state index is -0.288. The molecule has 2 aromatic carbocycles. The summed E-state index contributed by atoms with van der Waals surface area (Å²) in [6, 6.07) is 11.3. The lowest BCUT2D eigenvalue weighted by Crippen LogP contribution is -1.85. The van der Waals surface area contributed by atoms with E-state index in [4.69, 9.17) is 10.2 Å². The molecule has 0 bridgehead atoms. The summed E-state index contributed by atoms with van der Waals surface area (Å²) in [5, 5.41) is 0. The van der Waals surface area contributed by atoms with Crippen LogP contribution in [0.1, 0.15) is 0 Å². The number of halogens is 1. The van der Waals surface area contributed by atoms with Gasteiger partial charge in [0.25, 0.3) is 0 Å². The molecule has 4 heteroatoms. The molecule has 0 aliphatic carbocycles. The average molecular weight is 228 g/mol. The Hall–Kier alpha value is -2.36. The molecule has 0 atom stereocenters. The summed E-state index contributed by atoms with van der Waals surface area (Å²) in [5.41, 5.74) is 8.34. The monoisotopic (exact) mass is 228 g/mol. The van der Waals surface area contributed by atoms with Crippen LogP contribution in [-0.4, -0.2) is 4.98 Å². The van der Waals surface area contributed by atoms with Gasteiger partial charge in [0.1, 0.15) is 11.3 Å². The lowest BCUT2D eigenvalue weighted by Gasteiger charge is -1.93. The molecule has 0 saturated heterocycles. The van der Waals surface area contributed by atoms with Crippen LogP contribution in [0.4, 0.5) is 10.1 Å². The van der Waals surface area contributed by atoms with Gasteiger partial charge in [-0.25, -0.2) is 9.37 Å². The van der Waals surface area contributed by atoms with Crippen LogP contribution in [-0.2, 0) is 0 Å². The summed E-state index contributed by atoms with van der Waals surface area (Å²) in [5.74, 6) is 0.155. The second kappa shape index (κ2) is 3.59. The fraction of sp³-hybridized carbons (Fsp3) is 0. The molecule has 0 aliphatic rings. The molecule has 1 heterocycles. The van der Waals surface area contributed by atoms with Crippen molar-refractivity contribution >= 4 is 16.8 Å². The van der Waals surface area contributed by atoms with Crippen molar-refractivity contribution in [1.29, 1.82) is 0 Å². The topological polar surface area (TPSA) is 52.0 Å². The number of fused-ring (bicyclic) bond motifs is 1. The fourth-order valence-corrected chi connectivity index (χ4v) is 1.69. The van der Waals surface area contributed by atoms with Gasteiger partial charge in [0.05, 0.1) is 5.69 Å². The van der Waals surface area contributed by atoms with E-state index in [0.717, 1.165) is 5.56 Å². The molecule has 2 N–H and O–H groups in total. The first-order chi connectivity index (χ1) is 8.24. The van der Waals surface area contributed by atoms with Gasteiger partial charge in [-0.3, -0.25) is 0 Å². The molecule has 0 radical (unpaired) electrons. The molecule has 0 fully saturated rings. The van der Waals surface area contributed by atoms with E-state index in [1.165, 1.54) is 12.1 Å². The van der Waals surface area contributed by atoms with Gasteiger partial charge in [-0.05, 0) is 36.4 Å². The summed E-state index contributed by atoms with van der Waals surface area (Å²) in [6.45, 7) is 0. The van der Waals surface area contributed by atoms with E-state index in [2.05, 4.69) is 4.98 Å². The van der Waals surface area contributed by atoms with E-state index in [1.807, 2.05) is 0 Å². The standard InChI is InChI=1S/C13H9FN2O/c14-9-6-4-8(5-7-9)13-16-12-10(15)2-1-3-11(12)17-13/h1-7H,15H2. The number of nitrogens with zero attached hydrogens (tertiary/aromatic N) is 1. The molecular weight excluding hydrogens is 219 g/mol. The van der Waals surface area contributed by atoms with Crippen molar-refractivity contribution < 1.29 is 8.81 Å². The van der Waals surface area contributed by atoms with Gasteiger partial charge in [0.2, 0.25) is 5.89 Å². The predicted octanol–water partition coefficient (Wildman–Crippen LogP) is 3.22. The Morgan fingerprint density at radius 1 is 1.06 bits per heavy atom. The minimum Gasteiger partial charge on any atom is -0.436 e.